The predicted octanol–water partition coefficient (Wildman–Crippen LogP) is 3.41. The van der Waals surface area contributed by atoms with Crippen LogP contribution in [-0.2, 0) is 10.2 Å². The van der Waals surface area contributed by atoms with E-state index >= 15 is 0 Å². The van der Waals surface area contributed by atoms with E-state index in [0.717, 1.165) is 35.7 Å². The fraction of sp³-hybridized carbons (Fsp3) is 0.562. The van der Waals surface area contributed by atoms with Crippen molar-refractivity contribution in [1.29, 1.82) is 0 Å². The van der Waals surface area contributed by atoms with Gasteiger partial charge in [0.15, 0.2) is 0 Å². The zero-order chi connectivity index (χ0) is 14.6. The van der Waals surface area contributed by atoms with Crippen LogP contribution in [0.5, 0.6) is 0 Å². The van der Waals surface area contributed by atoms with Crippen molar-refractivity contribution in [2.75, 3.05) is 13.6 Å². The van der Waals surface area contributed by atoms with Crippen molar-refractivity contribution in [3.05, 3.63) is 34.3 Å². The minimum Gasteiger partial charge on any atom is -0.354 e. The minimum absolute atomic E-state index is 0. The van der Waals surface area contributed by atoms with Gasteiger partial charge in [0.05, 0.1) is 5.41 Å². The molecule has 1 fully saturated rings. The fourth-order valence-electron chi connectivity index (χ4n) is 2.93. The van der Waals surface area contributed by atoms with E-state index in [-0.39, 0.29) is 23.7 Å². The Bertz CT molecular complexity index is 475. The summed E-state index contributed by atoms with van der Waals surface area (Å²) in [4.78, 5) is 12.7. The summed E-state index contributed by atoms with van der Waals surface area (Å²) in [6.45, 7) is 2.74. The lowest BCUT2D eigenvalue weighted by Gasteiger charge is -2.29. The van der Waals surface area contributed by atoms with Gasteiger partial charge in [-0.25, -0.2) is 0 Å². The Hall–Kier alpha value is -0.580. The molecular formula is C16H24BrClN2O. The van der Waals surface area contributed by atoms with E-state index in [2.05, 4.69) is 45.6 Å². The maximum absolute atomic E-state index is 12.7. The number of rotatable bonds is 5. The molecule has 0 saturated heterocycles. The molecule has 1 saturated carbocycles. The molecular weight excluding hydrogens is 352 g/mol. The van der Waals surface area contributed by atoms with Crippen LogP contribution in [0.4, 0.5) is 0 Å². The third-order valence-electron chi connectivity index (χ3n) is 4.33. The molecule has 0 radical (unpaired) electrons. The van der Waals surface area contributed by atoms with Gasteiger partial charge in [0.2, 0.25) is 5.91 Å². The van der Waals surface area contributed by atoms with Gasteiger partial charge in [-0.05, 0) is 44.5 Å². The maximum Gasteiger partial charge on any atom is 0.230 e. The Morgan fingerprint density at radius 2 is 2.05 bits per heavy atom. The zero-order valence-corrected chi connectivity index (χ0v) is 15.0. The number of halogens is 2. The molecule has 2 N–H and O–H groups in total. The zero-order valence-electron chi connectivity index (χ0n) is 12.6. The van der Waals surface area contributed by atoms with Crippen LogP contribution in [0.15, 0.2) is 28.7 Å². The average molecular weight is 376 g/mol. The van der Waals surface area contributed by atoms with E-state index in [1.54, 1.807) is 0 Å². The molecule has 0 spiro atoms. The van der Waals surface area contributed by atoms with Gasteiger partial charge >= 0.3 is 0 Å². The fourth-order valence-corrected chi connectivity index (χ4v) is 3.33. The molecule has 5 heteroatoms. The number of carbonyl (C=O) groups is 1. The van der Waals surface area contributed by atoms with Gasteiger partial charge in [-0.15, -0.1) is 12.4 Å². The predicted molar refractivity (Wildman–Crippen MR) is 93.1 cm³/mol. The summed E-state index contributed by atoms with van der Waals surface area (Å²) in [6, 6.07) is 8.49. The summed E-state index contributed by atoms with van der Waals surface area (Å²) < 4.78 is 1.04. The van der Waals surface area contributed by atoms with E-state index in [9.17, 15) is 4.79 Å². The summed E-state index contributed by atoms with van der Waals surface area (Å²) in [5.41, 5.74) is 0.802. The molecule has 1 atom stereocenters. The third-order valence-corrected chi connectivity index (χ3v) is 4.82. The summed E-state index contributed by atoms with van der Waals surface area (Å²) in [5, 5.41) is 6.27. The number of likely N-dealkylation sites (N-methyl/N-ethyl adjacent to an activating group) is 1. The molecule has 0 heterocycles. The number of hydrogen-bond donors (Lipinski definition) is 2. The lowest BCUT2D eigenvalue weighted by Crippen LogP contribution is -2.46. The van der Waals surface area contributed by atoms with Crippen LogP contribution < -0.4 is 10.6 Å². The van der Waals surface area contributed by atoms with Gasteiger partial charge in [0.25, 0.3) is 0 Å². The summed E-state index contributed by atoms with van der Waals surface area (Å²) >= 11 is 3.51. The quantitative estimate of drug-likeness (QED) is 0.828. The van der Waals surface area contributed by atoms with Crippen molar-refractivity contribution >= 4 is 34.2 Å². The SMILES string of the molecule is CNC(C)CNC(=O)C1(c2cccc(Br)c2)CCCC1.Cl. The van der Waals surface area contributed by atoms with Crippen LogP contribution in [0.25, 0.3) is 0 Å². The molecule has 0 bridgehead atoms. The molecule has 1 aliphatic rings. The highest BCUT2D eigenvalue weighted by Gasteiger charge is 2.42. The maximum atomic E-state index is 12.7. The van der Waals surface area contributed by atoms with Crippen molar-refractivity contribution in [1.82, 2.24) is 10.6 Å². The molecule has 1 aromatic carbocycles. The first-order valence-corrected chi connectivity index (χ1v) is 8.09. The molecule has 21 heavy (non-hydrogen) atoms. The second kappa shape index (κ2) is 8.16. The van der Waals surface area contributed by atoms with Gasteiger partial charge in [-0.1, -0.05) is 40.9 Å². The standard InChI is InChI=1S/C16H23BrN2O.ClH/c1-12(18-2)11-19-15(20)16(8-3-4-9-16)13-6-5-7-14(17)10-13;/h5-7,10,12,18H,3-4,8-9,11H2,1-2H3,(H,19,20);1H. The lowest BCUT2D eigenvalue weighted by atomic mass is 9.78. The largest absolute Gasteiger partial charge is 0.354 e. The molecule has 0 aliphatic heterocycles. The minimum atomic E-state index is -0.336. The van der Waals surface area contributed by atoms with Crippen molar-refractivity contribution in [3.63, 3.8) is 0 Å². The summed E-state index contributed by atoms with van der Waals surface area (Å²) in [6.07, 6.45) is 4.15. The molecule has 0 aromatic heterocycles. The number of amides is 1. The van der Waals surface area contributed by atoms with Gasteiger partial charge in [0.1, 0.15) is 0 Å². The molecule has 1 aromatic rings. The van der Waals surface area contributed by atoms with Crippen LogP contribution in [0, 0.1) is 0 Å². The molecule has 1 aliphatic carbocycles. The van der Waals surface area contributed by atoms with E-state index in [1.165, 1.54) is 0 Å². The smallest absolute Gasteiger partial charge is 0.230 e. The first-order chi connectivity index (χ1) is 9.58. The van der Waals surface area contributed by atoms with Crippen LogP contribution in [0.1, 0.15) is 38.2 Å². The number of benzene rings is 1. The van der Waals surface area contributed by atoms with Gasteiger partial charge in [-0.3, -0.25) is 4.79 Å². The normalized spacial score (nSPS) is 17.9. The number of hydrogen-bond acceptors (Lipinski definition) is 2. The van der Waals surface area contributed by atoms with Crippen LogP contribution in [0.3, 0.4) is 0 Å². The van der Waals surface area contributed by atoms with E-state index in [1.807, 2.05) is 19.2 Å². The second-order valence-electron chi connectivity index (χ2n) is 5.70. The number of nitrogens with one attached hydrogen (secondary N) is 2. The van der Waals surface area contributed by atoms with Crippen LogP contribution in [0.2, 0.25) is 0 Å². The third kappa shape index (κ3) is 4.21. The average Bonchev–Trinajstić information content (AvgIpc) is 2.95. The van der Waals surface area contributed by atoms with E-state index < -0.39 is 0 Å². The Balaban J connectivity index is 0.00000220. The first kappa shape index (κ1) is 18.5. The van der Waals surface area contributed by atoms with Crippen molar-refractivity contribution in [3.8, 4) is 0 Å². The summed E-state index contributed by atoms with van der Waals surface area (Å²) in [5.74, 6) is 0.176. The Kier molecular flexibility index (Phi) is 7.17. The highest BCUT2D eigenvalue weighted by atomic mass is 79.9. The Morgan fingerprint density at radius 1 is 1.38 bits per heavy atom. The van der Waals surface area contributed by atoms with E-state index in [4.69, 9.17) is 0 Å². The van der Waals surface area contributed by atoms with Crippen molar-refractivity contribution < 1.29 is 4.79 Å². The van der Waals surface area contributed by atoms with Gasteiger partial charge in [-0.2, -0.15) is 0 Å². The summed E-state index contributed by atoms with van der Waals surface area (Å²) in [7, 11) is 1.91. The monoisotopic (exact) mass is 374 g/mol. The van der Waals surface area contributed by atoms with Crippen LogP contribution in [-0.4, -0.2) is 25.5 Å². The van der Waals surface area contributed by atoms with Gasteiger partial charge in [0, 0.05) is 17.1 Å². The van der Waals surface area contributed by atoms with Crippen molar-refractivity contribution in [2.45, 2.75) is 44.1 Å². The van der Waals surface area contributed by atoms with Gasteiger partial charge < -0.3 is 10.6 Å². The molecule has 2 rings (SSSR count). The first-order valence-electron chi connectivity index (χ1n) is 7.30. The van der Waals surface area contributed by atoms with Crippen molar-refractivity contribution in [2.24, 2.45) is 0 Å². The molecule has 1 unspecified atom stereocenters. The highest BCUT2D eigenvalue weighted by molar-refractivity contribution is 9.10. The lowest BCUT2D eigenvalue weighted by molar-refractivity contribution is -0.126. The second-order valence-corrected chi connectivity index (χ2v) is 6.61. The molecule has 118 valence electrons. The highest BCUT2D eigenvalue weighted by Crippen LogP contribution is 2.42. The Labute approximate surface area is 141 Å². The number of carbonyl (C=O) groups excluding carboxylic acids is 1. The van der Waals surface area contributed by atoms with E-state index in [0.29, 0.717) is 12.6 Å². The molecule has 1 amide bonds. The topological polar surface area (TPSA) is 41.1 Å². The molecule has 3 nitrogen and oxygen atoms in total. The van der Waals surface area contributed by atoms with Crippen LogP contribution >= 0.6 is 28.3 Å². The Morgan fingerprint density at radius 3 is 2.62 bits per heavy atom.